The van der Waals surface area contributed by atoms with Gasteiger partial charge in [-0.1, -0.05) is 18.2 Å². The minimum atomic E-state index is 0.0395. The SMILES string of the molecule is CN1CCNCC1Cc1cc2ccccc2[nH]c1=O. The van der Waals surface area contributed by atoms with Crippen molar-refractivity contribution in [1.82, 2.24) is 15.2 Å². The highest BCUT2D eigenvalue weighted by Crippen LogP contribution is 2.13. The number of pyridine rings is 1. The quantitative estimate of drug-likeness (QED) is 0.843. The first-order valence-electron chi connectivity index (χ1n) is 6.76. The summed E-state index contributed by atoms with van der Waals surface area (Å²) in [6, 6.07) is 10.3. The Balaban J connectivity index is 1.91. The number of rotatable bonds is 2. The molecule has 1 aliphatic rings. The van der Waals surface area contributed by atoms with Gasteiger partial charge in [-0.15, -0.1) is 0 Å². The lowest BCUT2D eigenvalue weighted by Crippen LogP contribution is -2.50. The lowest BCUT2D eigenvalue weighted by Gasteiger charge is -2.33. The van der Waals surface area contributed by atoms with Crippen LogP contribution in [-0.2, 0) is 6.42 Å². The third kappa shape index (κ3) is 2.55. The van der Waals surface area contributed by atoms with Crippen molar-refractivity contribution in [1.29, 1.82) is 0 Å². The number of likely N-dealkylation sites (N-methyl/N-ethyl adjacent to an activating group) is 1. The molecule has 0 radical (unpaired) electrons. The van der Waals surface area contributed by atoms with Crippen LogP contribution in [0.25, 0.3) is 10.9 Å². The highest BCUT2D eigenvalue weighted by atomic mass is 16.1. The molecule has 3 rings (SSSR count). The van der Waals surface area contributed by atoms with Gasteiger partial charge in [0.05, 0.1) is 0 Å². The molecule has 4 nitrogen and oxygen atoms in total. The van der Waals surface area contributed by atoms with Crippen molar-refractivity contribution in [2.45, 2.75) is 12.5 Å². The lowest BCUT2D eigenvalue weighted by atomic mass is 10.0. The second-order valence-electron chi connectivity index (χ2n) is 5.25. The van der Waals surface area contributed by atoms with E-state index in [9.17, 15) is 4.79 Å². The van der Waals surface area contributed by atoms with Gasteiger partial charge in [0.2, 0.25) is 0 Å². The Hall–Kier alpha value is -1.65. The minimum absolute atomic E-state index is 0.0395. The molecule has 1 saturated heterocycles. The zero-order valence-electron chi connectivity index (χ0n) is 11.1. The molecule has 0 bridgehead atoms. The van der Waals surface area contributed by atoms with Crippen molar-refractivity contribution < 1.29 is 0 Å². The Morgan fingerprint density at radius 3 is 3.05 bits per heavy atom. The summed E-state index contributed by atoms with van der Waals surface area (Å²) in [4.78, 5) is 17.4. The fraction of sp³-hybridized carbons (Fsp3) is 0.400. The molecule has 1 aromatic heterocycles. The average molecular weight is 257 g/mol. The van der Waals surface area contributed by atoms with E-state index in [-0.39, 0.29) is 5.56 Å². The number of piperazine rings is 1. The molecule has 1 atom stereocenters. The fourth-order valence-electron chi connectivity index (χ4n) is 2.69. The summed E-state index contributed by atoms with van der Waals surface area (Å²) in [6.07, 6.45) is 0.795. The van der Waals surface area contributed by atoms with E-state index >= 15 is 0 Å². The van der Waals surface area contributed by atoms with Gasteiger partial charge in [0, 0.05) is 36.8 Å². The van der Waals surface area contributed by atoms with E-state index in [1.807, 2.05) is 30.3 Å². The van der Waals surface area contributed by atoms with Gasteiger partial charge in [0.1, 0.15) is 0 Å². The van der Waals surface area contributed by atoms with Crippen molar-refractivity contribution in [3.05, 3.63) is 46.2 Å². The molecule has 1 aromatic carbocycles. The number of aromatic nitrogens is 1. The molecule has 1 aliphatic heterocycles. The van der Waals surface area contributed by atoms with Crippen LogP contribution >= 0.6 is 0 Å². The van der Waals surface area contributed by atoms with E-state index < -0.39 is 0 Å². The number of nitrogens with zero attached hydrogens (tertiary/aromatic N) is 1. The van der Waals surface area contributed by atoms with Crippen molar-refractivity contribution in [2.75, 3.05) is 26.7 Å². The van der Waals surface area contributed by atoms with Gasteiger partial charge in [-0.2, -0.15) is 0 Å². The van der Waals surface area contributed by atoms with E-state index in [0.717, 1.165) is 42.5 Å². The smallest absolute Gasteiger partial charge is 0.251 e. The van der Waals surface area contributed by atoms with E-state index in [1.54, 1.807) is 0 Å². The minimum Gasteiger partial charge on any atom is -0.322 e. The maximum absolute atomic E-state index is 12.1. The Morgan fingerprint density at radius 1 is 1.37 bits per heavy atom. The van der Waals surface area contributed by atoms with Crippen LogP contribution in [0.2, 0.25) is 0 Å². The zero-order valence-corrected chi connectivity index (χ0v) is 11.1. The van der Waals surface area contributed by atoms with Crippen molar-refractivity contribution in [3.8, 4) is 0 Å². The molecule has 0 aliphatic carbocycles. The van der Waals surface area contributed by atoms with Gasteiger partial charge in [0.25, 0.3) is 5.56 Å². The number of benzene rings is 1. The summed E-state index contributed by atoms with van der Waals surface area (Å²) in [5, 5.41) is 4.49. The summed E-state index contributed by atoms with van der Waals surface area (Å²) >= 11 is 0. The van der Waals surface area contributed by atoms with Crippen LogP contribution in [0.15, 0.2) is 35.1 Å². The van der Waals surface area contributed by atoms with Crippen LogP contribution in [0.4, 0.5) is 0 Å². The summed E-state index contributed by atoms with van der Waals surface area (Å²) in [6.45, 7) is 3.01. The standard InChI is InChI=1S/C15H19N3O/c1-18-7-6-16-10-13(18)9-12-8-11-4-2-3-5-14(11)17-15(12)19/h2-5,8,13,16H,6-7,9-10H2,1H3,(H,17,19). The molecule has 19 heavy (non-hydrogen) atoms. The number of H-pyrrole nitrogens is 1. The fourth-order valence-corrected chi connectivity index (χ4v) is 2.69. The Bertz CT molecular complexity index is 635. The first-order valence-corrected chi connectivity index (χ1v) is 6.76. The van der Waals surface area contributed by atoms with E-state index in [4.69, 9.17) is 0 Å². The lowest BCUT2D eigenvalue weighted by molar-refractivity contribution is 0.199. The van der Waals surface area contributed by atoms with Gasteiger partial charge in [-0.3, -0.25) is 4.79 Å². The Labute approximate surface area is 112 Å². The van der Waals surface area contributed by atoms with Crippen LogP contribution in [0.5, 0.6) is 0 Å². The maximum Gasteiger partial charge on any atom is 0.251 e. The third-order valence-corrected chi connectivity index (χ3v) is 3.93. The van der Waals surface area contributed by atoms with E-state index in [0.29, 0.717) is 6.04 Å². The van der Waals surface area contributed by atoms with E-state index in [1.165, 1.54) is 0 Å². The van der Waals surface area contributed by atoms with Crippen LogP contribution in [0, 0.1) is 0 Å². The molecule has 1 fully saturated rings. The Morgan fingerprint density at radius 2 is 2.21 bits per heavy atom. The van der Waals surface area contributed by atoms with Crippen molar-refractivity contribution in [2.24, 2.45) is 0 Å². The molecular weight excluding hydrogens is 238 g/mol. The maximum atomic E-state index is 12.1. The third-order valence-electron chi connectivity index (χ3n) is 3.93. The molecule has 0 saturated carbocycles. The molecule has 0 amide bonds. The van der Waals surface area contributed by atoms with Crippen LogP contribution in [0.3, 0.4) is 0 Å². The zero-order chi connectivity index (χ0) is 13.2. The predicted octanol–water partition coefficient (Wildman–Crippen LogP) is 0.974. The van der Waals surface area contributed by atoms with Gasteiger partial charge < -0.3 is 15.2 Å². The second kappa shape index (κ2) is 5.15. The average Bonchev–Trinajstić information content (AvgIpc) is 2.42. The normalized spacial score (nSPS) is 20.8. The van der Waals surface area contributed by atoms with Gasteiger partial charge >= 0.3 is 0 Å². The molecule has 0 spiro atoms. The molecule has 2 aromatic rings. The van der Waals surface area contributed by atoms with Gasteiger partial charge in [0.15, 0.2) is 0 Å². The predicted molar refractivity (Wildman–Crippen MR) is 77.6 cm³/mol. The van der Waals surface area contributed by atoms with Crippen molar-refractivity contribution >= 4 is 10.9 Å². The number of hydrogen-bond donors (Lipinski definition) is 2. The monoisotopic (exact) mass is 257 g/mol. The number of fused-ring (bicyclic) bond motifs is 1. The van der Waals surface area contributed by atoms with E-state index in [2.05, 4.69) is 22.2 Å². The first kappa shape index (κ1) is 12.4. The van der Waals surface area contributed by atoms with Crippen LogP contribution in [0.1, 0.15) is 5.56 Å². The molecule has 4 heteroatoms. The molecule has 2 heterocycles. The molecular formula is C15H19N3O. The summed E-state index contributed by atoms with van der Waals surface area (Å²) in [5.74, 6) is 0. The Kier molecular flexibility index (Phi) is 3.36. The summed E-state index contributed by atoms with van der Waals surface area (Å²) < 4.78 is 0. The summed E-state index contributed by atoms with van der Waals surface area (Å²) in [7, 11) is 2.13. The topological polar surface area (TPSA) is 48.1 Å². The first-order chi connectivity index (χ1) is 9.24. The van der Waals surface area contributed by atoms with Gasteiger partial charge in [-0.25, -0.2) is 0 Å². The highest BCUT2D eigenvalue weighted by molar-refractivity contribution is 5.78. The van der Waals surface area contributed by atoms with Crippen molar-refractivity contribution in [3.63, 3.8) is 0 Å². The molecule has 100 valence electrons. The largest absolute Gasteiger partial charge is 0.322 e. The number of aromatic amines is 1. The second-order valence-corrected chi connectivity index (χ2v) is 5.25. The molecule has 1 unspecified atom stereocenters. The highest BCUT2D eigenvalue weighted by Gasteiger charge is 2.20. The van der Waals surface area contributed by atoms with Crippen LogP contribution < -0.4 is 10.9 Å². The molecule has 2 N–H and O–H groups in total. The number of hydrogen-bond acceptors (Lipinski definition) is 3. The number of nitrogens with one attached hydrogen (secondary N) is 2. The van der Waals surface area contributed by atoms with Gasteiger partial charge in [-0.05, 0) is 31.0 Å². The van der Waals surface area contributed by atoms with Crippen LogP contribution in [-0.4, -0.2) is 42.6 Å². The number of para-hydroxylation sites is 1. The summed E-state index contributed by atoms with van der Waals surface area (Å²) in [5.41, 5.74) is 1.82.